The lowest BCUT2D eigenvalue weighted by Gasteiger charge is -2.21. The summed E-state index contributed by atoms with van der Waals surface area (Å²) in [5, 5.41) is 10.6. The van der Waals surface area contributed by atoms with Crippen molar-refractivity contribution < 1.29 is 80.2 Å². The van der Waals surface area contributed by atoms with Gasteiger partial charge in [-0.2, -0.15) is 0 Å². The lowest BCUT2D eigenvalue weighted by Crippen LogP contribution is -2.30. The van der Waals surface area contributed by atoms with Crippen LogP contribution < -0.4 is 0 Å². The van der Waals surface area contributed by atoms with Crippen LogP contribution in [0.2, 0.25) is 0 Å². The standard InChI is InChI=1S/C70H136O17P2/c1-6-9-12-15-18-21-24-25-26-30-35-39-44-49-54-68(73)81-60-66(87-70(75)56-51-46-41-36-31-28-27-29-32-37-42-47-52-63(4)5)62-85-89(78,79)83-58-64(71)57-82-88(76,77)84-61-65(86-69(74)55-50-45-40-34-23-20-17-14-11-8-3)59-80-67(72)53-48-43-38-33-22-19-16-13-10-7-2/h63-66,71H,6-62H2,1-5H3,(H,76,77)(H,78,79)/t64-,65+,66+/m0/s1. The van der Waals surface area contributed by atoms with E-state index in [0.717, 1.165) is 95.8 Å². The van der Waals surface area contributed by atoms with E-state index in [1.807, 2.05) is 0 Å². The van der Waals surface area contributed by atoms with Crippen LogP contribution in [0.15, 0.2) is 0 Å². The van der Waals surface area contributed by atoms with Crippen molar-refractivity contribution in [2.75, 3.05) is 39.6 Å². The molecule has 0 spiro atoms. The second-order valence-electron chi connectivity index (χ2n) is 25.7. The lowest BCUT2D eigenvalue weighted by molar-refractivity contribution is -0.161. The van der Waals surface area contributed by atoms with Gasteiger partial charge in [-0.3, -0.25) is 37.3 Å². The molecule has 0 bridgehead atoms. The van der Waals surface area contributed by atoms with Crippen molar-refractivity contribution in [1.82, 2.24) is 0 Å². The number of carbonyl (C=O) groups is 4. The number of hydrogen-bond donors (Lipinski definition) is 3. The monoisotopic (exact) mass is 1310 g/mol. The molecule has 528 valence electrons. The molecule has 2 unspecified atom stereocenters. The molecule has 17 nitrogen and oxygen atoms in total. The van der Waals surface area contributed by atoms with Crippen LogP contribution in [0.5, 0.6) is 0 Å². The van der Waals surface area contributed by atoms with Gasteiger partial charge in [0.15, 0.2) is 12.2 Å². The zero-order chi connectivity index (χ0) is 65.6. The molecule has 0 amide bonds. The summed E-state index contributed by atoms with van der Waals surface area (Å²) in [5.74, 6) is -1.34. The third-order valence-electron chi connectivity index (χ3n) is 16.3. The number of esters is 4. The minimum absolute atomic E-state index is 0.107. The first-order chi connectivity index (χ1) is 43.0. The normalized spacial score (nSPS) is 14.1. The molecule has 0 aliphatic carbocycles. The van der Waals surface area contributed by atoms with Gasteiger partial charge in [0.25, 0.3) is 0 Å². The van der Waals surface area contributed by atoms with Gasteiger partial charge >= 0.3 is 39.5 Å². The van der Waals surface area contributed by atoms with Crippen LogP contribution in [0.4, 0.5) is 0 Å². The van der Waals surface area contributed by atoms with Gasteiger partial charge in [-0.15, -0.1) is 0 Å². The van der Waals surface area contributed by atoms with E-state index < -0.39 is 97.5 Å². The average Bonchev–Trinajstić information content (AvgIpc) is 3.54. The van der Waals surface area contributed by atoms with E-state index in [1.165, 1.54) is 186 Å². The SMILES string of the molecule is CCCCCCCCCCCCCCCCC(=O)OC[C@H](COP(=O)(O)OC[C@@H](O)COP(=O)(O)OC[C@@H](COC(=O)CCCCCCCCCCCC)OC(=O)CCCCCCCCCCCC)OC(=O)CCCCCCCCCCCCCCC(C)C. The number of unbranched alkanes of at least 4 members (excludes halogenated alkanes) is 42. The molecule has 0 heterocycles. The molecule has 0 aliphatic heterocycles. The van der Waals surface area contributed by atoms with Gasteiger partial charge in [0.1, 0.15) is 19.3 Å². The highest BCUT2D eigenvalue weighted by atomic mass is 31.2. The zero-order valence-electron chi connectivity index (χ0n) is 57.6. The fourth-order valence-electron chi connectivity index (χ4n) is 10.6. The Bertz CT molecular complexity index is 1720. The summed E-state index contributed by atoms with van der Waals surface area (Å²) in [4.78, 5) is 72.5. The van der Waals surface area contributed by atoms with E-state index in [0.29, 0.717) is 25.7 Å². The molecule has 0 radical (unpaired) electrons. The maximum atomic E-state index is 13.0. The lowest BCUT2D eigenvalue weighted by atomic mass is 10.0. The Labute approximate surface area is 543 Å². The van der Waals surface area contributed by atoms with Crippen LogP contribution in [0.3, 0.4) is 0 Å². The number of phosphoric acid groups is 2. The van der Waals surface area contributed by atoms with Crippen LogP contribution in [-0.2, 0) is 65.4 Å². The topological polar surface area (TPSA) is 237 Å². The Morgan fingerprint density at radius 1 is 0.303 bits per heavy atom. The minimum atomic E-state index is -4.95. The number of carbonyl (C=O) groups excluding carboxylic acids is 4. The first-order valence-corrected chi connectivity index (χ1v) is 39.6. The number of aliphatic hydroxyl groups is 1. The maximum absolute atomic E-state index is 13.0. The first-order valence-electron chi connectivity index (χ1n) is 36.6. The van der Waals surface area contributed by atoms with Crippen molar-refractivity contribution in [2.24, 2.45) is 5.92 Å². The maximum Gasteiger partial charge on any atom is 0.472 e. The quantitative estimate of drug-likeness (QED) is 0.0222. The van der Waals surface area contributed by atoms with Crippen LogP contribution in [0.1, 0.15) is 362 Å². The number of aliphatic hydroxyl groups excluding tert-OH is 1. The molecule has 0 rings (SSSR count). The Morgan fingerprint density at radius 2 is 0.517 bits per heavy atom. The minimum Gasteiger partial charge on any atom is -0.462 e. The van der Waals surface area contributed by atoms with Crippen molar-refractivity contribution in [1.29, 1.82) is 0 Å². The summed E-state index contributed by atoms with van der Waals surface area (Å²) < 4.78 is 68.3. The average molecular weight is 1310 g/mol. The van der Waals surface area contributed by atoms with E-state index in [4.69, 9.17) is 37.0 Å². The van der Waals surface area contributed by atoms with Gasteiger partial charge in [-0.1, -0.05) is 311 Å². The Kier molecular flexibility index (Phi) is 62.1. The second kappa shape index (κ2) is 63.5. The Hall–Kier alpha value is -1.94. The van der Waals surface area contributed by atoms with Crippen LogP contribution >= 0.6 is 15.6 Å². The summed E-state index contributed by atoms with van der Waals surface area (Å²) >= 11 is 0. The van der Waals surface area contributed by atoms with Gasteiger partial charge in [0.05, 0.1) is 26.4 Å². The highest BCUT2D eigenvalue weighted by Crippen LogP contribution is 2.45. The van der Waals surface area contributed by atoms with Gasteiger partial charge in [-0.05, 0) is 31.6 Å². The van der Waals surface area contributed by atoms with Gasteiger partial charge in [0.2, 0.25) is 0 Å². The summed E-state index contributed by atoms with van der Waals surface area (Å²) in [6.45, 7) is 7.25. The molecule has 0 saturated carbocycles. The van der Waals surface area contributed by atoms with E-state index in [1.54, 1.807) is 0 Å². The van der Waals surface area contributed by atoms with Crippen molar-refractivity contribution in [3.63, 3.8) is 0 Å². The Morgan fingerprint density at radius 3 is 0.764 bits per heavy atom. The number of ether oxygens (including phenoxy) is 4. The molecule has 5 atom stereocenters. The van der Waals surface area contributed by atoms with Crippen LogP contribution in [0.25, 0.3) is 0 Å². The zero-order valence-corrected chi connectivity index (χ0v) is 59.4. The largest absolute Gasteiger partial charge is 0.472 e. The van der Waals surface area contributed by atoms with Crippen LogP contribution in [-0.4, -0.2) is 96.7 Å². The van der Waals surface area contributed by atoms with E-state index in [2.05, 4.69) is 34.6 Å². The van der Waals surface area contributed by atoms with Crippen LogP contribution in [0, 0.1) is 5.92 Å². The fraction of sp³-hybridized carbons (Fsp3) is 0.943. The Balaban J connectivity index is 5.23. The molecule has 0 fully saturated rings. The molecule has 19 heteroatoms. The third kappa shape index (κ3) is 64.6. The molecule has 0 aliphatic rings. The highest BCUT2D eigenvalue weighted by Gasteiger charge is 2.30. The van der Waals surface area contributed by atoms with E-state index in [-0.39, 0.29) is 25.7 Å². The molecule has 0 aromatic carbocycles. The highest BCUT2D eigenvalue weighted by molar-refractivity contribution is 7.47. The summed E-state index contributed by atoms with van der Waals surface area (Å²) in [6, 6.07) is 0. The van der Waals surface area contributed by atoms with E-state index in [9.17, 15) is 43.2 Å². The molecule has 0 saturated heterocycles. The van der Waals surface area contributed by atoms with Crippen molar-refractivity contribution in [2.45, 2.75) is 380 Å². The third-order valence-corrected chi connectivity index (χ3v) is 18.2. The molecule has 89 heavy (non-hydrogen) atoms. The van der Waals surface area contributed by atoms with Gasteiger partial charge < -0.3 is 33.8 Å². The van der Waals surface area contributed by atoms with Crippen molar-refractivity contribution in [3.05, 3.63) is 0 Å². The second-order valence-corrected chi connectivity index (χ2v) is 28.7. The summed E-state index contributed by atoms with van der Waals surface area (Å²) in [5.41, 5.74) is 0. The molecular formula is C70H136O17P2. The number of rotatable bonds is 70. The van der Waals surface area contributed by atoms with Crippen molar-refractivity contribution in [3.8, 4) is 0 Å². The number of phosphoric ester groups is 2. The van der Waals surface area contributed by atoms with E-state index >= 15 is 0 Å². The number of hydrogen-bond acceptors (Lipinski definition) is 15. The predicted molar refractivity (Wildman–Crippen MR) is 358 cm³/mol. The van der Waals surface area contributed by atoms with Gasteiger partial charge in [0, 0.05) is 25.7 Å². The summed E-state index contributed by atoms with van der Waals surface area (Å²) in [6.07, 6.45) is 49.8. The predicted octanol–water partition coefficient (Wildman–Crippen LogP) is 20.1. The van der Waals surface area contributed by atoms with Gasteiger partial charge in [-0.25, -0.2) is 9.13 Å². The fourth-order valence-corrected chi connectivity index (χ4v) is 12.2. The molecular weight excluding hydrogens is 1170 g/mol. The summed E-state index contributed by atoms with van der Waals surface area (Å²) in [7, 11) is -9.90. The molecule has 0 aromatic rings. The van der Waals surface area contributed by atoms with Crippen molar-refractivity contribution >= 4 is 39.5 Å². The molecule has 3 N–H and O–H groups in total. The smallest absolute Gasteiger partial charge is 0.462 e. The molecule has 0 aromatic heterocycles. The first kappa shape index (κ1) is 87.1.